The summed E-state index contributed by atoms with van der Waals surface area (Å²) in [5, 5.41) is 1.07. The maximum atomic E-state index is 6.12. The lowest BCUT2D eigenvalue weighted by Crippen LogP contribution is -2.00. The van der Waals surface area contributed by atoms with Crippen molar-refractivity contribution in [2.24, 2.45) is 0 Å². The van der Waals surface area contributed by atoms with Gasteiger partial charge in [-0.1, -0.05) is 49.2 Å². The lowest BCUT2D eigenvalue weighted by atomic mass is 10.1. The second-order valence-electron chi connectivity index (χ2n) is 4.20. The van der Waals surface area contributed by atoms with Crippen molar-refractivity contribution in [3.8, 4) is 11.4 Å². The lowest BCUT2D eigenvalue weighted by Gasteiger charge is -2.11. The Hall–Kier alpha value is -0.640. The molecular weight excluding hydrogens is 335 g/mol. The zero-order chi connectivity index (χ0) is 13.3. The van der Waals surface area contributed by atoms with Crippen LogP contribution < -0.4 is 0 Å². The van der Waals surface area contributed by atoms with Crippen LogP contribution in [0.2, 0.25) is 10.2 Å². The van der Waals surface area contributed by atoms with Crippen LogP contribution in [0.4, 0.5) is 0 Å². The maximum absolute atomic E-state index is 6.12. The highest BCUT2D eigenvalue weighted by Crippen LogP contribution is 2.31. The van der Waals surface area contributed by atoms with Crippen molar-refractivity contribution in [3.63, 3.8) is 0 Å². The van der Waals surface area contributed by atoms with Gasteiger partial charge in [0.2, 0.25) is 0 Å². The van der Waals surface area contributed by atoms with Gasteiger partial charge >= 0.3 is 0 Å². The topological polar surface area (TPSA) is 25.8 Å². The molecule has 0 spiro atoms. The standard InChI is InChI=1S/C13H11BrCl2N2/c1-7(2)11-10(14)12(16)18-13(17-11)8-4-3-5-9(15)6-8/h3-7H,1-2H3. The molecule has 0 aliphatic rings. The van der Waals surface area contributed by atoms with Crippen LogP contribution in [0, 0.1) is 0 Å². The molecule has 0 aliphatic carbocycles. The normalized spacial score (nSPS) is 11.0. The van der Waals surface area contributed by atoms with Crippen molar-refractivity contribution >= 4 is 39.1 Å². The molecule has 0 amide bonds. The van der Waals surface area contributed by atoms with E-state index in [0.29, 0.717) is 16.0 Å². The maximum Gasteiger partial charge on any atom is 0.161 e. The van der Waals surface area contributed by atoms with Crippen LogP contribution >= 0.6 is 39.1 Å². The third-order valence-corrected chi connectivity index (χ3v) is 3.98. The number of hydrogen-bond donors (Lipinski definition) is 0. The van der Waals surface area contributed by atoms with Gasteiger partial charge < -0.3 is 0 Å². The minimum Gasteiger partial charge on any atom is -0.232 e. The molecule has 0 atom stereocenters. The van der Waals surface area contributed by atoms with Crippen molar-refractivity contribution in [2.75, 3.05) is 0 Å². The van der Waals surface area contributed by atoms with Gasteiger partial charge in [-0.3, -0.25) is 0 Å². The molecule has 5 heteroatoms. The smallest absolute Gasteiger partial charge is 0.161 e. The van der Waals surface area contributed by atoms with Crippen molar-refractivity contribution in [2.45, 2.75) is 19.8 Å². The minimum absolute atomic E-state index is 0.262. The van der Waals surface area contributed by atoms with Crippen molar-refractivity contribution in [1.82, 2.24) is 9.97 Å². The molecule has 0 saturated heterocycles. The molecule has 1 heterocycles. The van der Waals surface area contributed by atoms with Gasteiger partial charge in [0.15, 0.2) is 5.82 Å². The second kappa shape index (κ2) is 5.55. The summed E-state index contributed by atoms with van der Waals surface area (Å²) in [6.07, 6.45) is 0. The molecule has 94 valence electrons. The monoisotopic (exact) mass is 344 g/mol. The van der Waals surface area contributed by atoms with Gasteiger partial charge in [-0.2, -0.15) is 0 Å². The van der Waals surface area contributed by atoms with Gasteiger partial charge in [-0.25, -0.2) is 9.97 Å². The molecule has 18 heavy (non-hydrogen) atoms. The van der Waals surface area contributed by atoms with E-state index in [2.05, 4.69) is 39.7 Å². The highest BCUT2D eigenvalue weighted by molar-refractivity contribution is 9.10. The fraction of sp³-hybridized carbons (Fsp3) is 0.231. The predicted molar refractivity (Wildman–Crippen MR) is 79.3 cm³/mol. The molecule has 2 rings (SSSR count). The summed E-state index contributed by atoms with van der Waals surface area (Å²) in [5.74, 6) is 0.854. The third kappa shape index (κ3) is 2.85. The Labute approximate surface area is 124 Å². The summed E-state index contributed by atoms with van der Waals surface area (Å²) in [6, 6.07) is 7.42. The Morgan fingerprint density at radius 1 is 1.17 bits per heavy atom. The Bertz CT molecular complexity index is 585. The van der Waals surface area contributed by atoms with Gasteiger partial charge in [0.05, 0.1) is 10.2 Å². The fourth-order valence-corrected chi connectivity index (χ4v) is 2.58. The van der Waals surface area contributed by atoms with Crippen LogP contribution in [0.5, 0.6) is 0 Å². The van der Waals surface area contributed by atoms with E-state index in [9.17, 15) is 0 Å². The van der Waals surface area contributed by atoms with E-state index < -0.39 is 0 Å². The molecule has 0 unspecified atom stereocenters. The Morgan fingerprint density at radius 2 is 1.89 bits per heavy atom. The molecule has 0 saturated carbocycles. The van der Waals surface area contributed by atoms with Gasteiger partial charge in [-0.05, 0) is 34.0 Å². The molecule has 2 aromatic rings. The highest BCUT2D eigenvalue weighted by atomic mass is 79.9. The van der Waals surface area contributed by atoms with E-state index in [1.807, 2.05) is 24.3 Å². The first kappa shape index (κ1) is 13.8. The van der Waals surface area contributed by atoms with Crippen LogP contribution in [0.3, 0.4) is 0 Å². The fourth-order valence-electron chi connectivity index (χ4n) is 1.58. The minimum atomic E-state index is 0.262. The summed E-state index contributed by atoms with van der Waals surface area (Å²) in [4.78, 5) is 8.82. The zero-order valence-electron chi connectivity index (χ0n) is 9.92. The summed E-state index contributed by atoms with van der Waals surface area (Å²) in [7, 11) is 0. The van der Waals surface area contributed by atoms with Gasteiger partial charge in [0.25, 0.3) is 0 Å². The zero-order valence-corrected chi connectivity index (χ0v) is 13.0. The molecular formula is C13H11BrCl2N2. The van der Waals surface area contributed by atoms with E-state index in [4.69, 9.17) is 23.2 Å². The van der Waals surface area contributed by atoms with E-state index in [0.717, 1.165) is 15.7 Å². The Morgan fingerprint density at radius 3 is 2.50 bits per heavy atom. The third-order valence-electron chi connectivity index (χ3n) is 2.47. The molecule has 0 aliphatic heterocycles. The molecule has 1 aromatic carbocycles. The first-order valence-corrected chi connectivity index (χ1v) is 7.03. The SMILES string of the molecule is CC(C)c1nc(-c2cccc(Cl)c2)nc(Cl)c1Br. The second-order valence-corrected chi connectivity index (χ2v) is 5.79. The number of rotatable bonds is 2. The predicted octanol–water partition coefficient (Wildman–Crippen LogP) is 5.34. The first-order chi connectivity index (χ1) is 8.49. The average molecular weight is 346 g/mol. The molecule has 0 bridgehead atoms. The van der Waals surface area contributed by atoms with E-state index in [-0.39, 0.29) is 5.92 Å². The van der Waals surface area contributed by atoms with E-state index in [1.54, 1.807) is 0 Å². The molecule has 0 radical (unpaired) electrons. The quantitative estimate of drug-likeness (QED) is 0.687. The number of benzene rings is 1. The van der Waals surface area contributed by atoms with Crippen molar-refractivity contribution in [3.05, 3.63) is 44.6 Å². The summed E-state index contributed by atoms with van der Waals surface area (Å²) >= 11 is 15.5. The van der Waals surface area contributed by atoms with Crippen molar-refractivity contribution in [1.29, 1.82) is 0 Å². The van der Waals surface area contributed by atoms with Gasteiger partial charge in [0, 0.05) is 10.6 Å². The number of nitrogens with zero attached hydrogens (tertiary/aromatic N) is 2. The summed E-state index contributed by atoms with van der Waals surface area (Å²) in [6.45, 7) is 4.12. The molecule has 0 N–H and O–H groups in total. The molecule has 2 nitrogen and oxygen atoms in total. The van der Waals surface area contributed by atoms with Crippen LogP contribution in [0.15, 0.2) is 28.7 Å². The van der Waals surface area contributed by atoms with Crippen LogP contribution in [-0.2, 0) is 0 Å². The van der Waals surface area contributed by atoms with E-state index in [1.165, 1.54) is 0 Å². The summed E-state index contributed by atoms with van der Waals surface area (Å²) < 4.78 is 0.755. The largest absolute Gasteiger partial charge is 0.232 e. The molecule has 1 aromatic heterocycles. The van der Waals surface area contributed by atoms with Gasteiger partial charge in [-0.15, -0.1) is 0 Å². The van der Waals surface area contributed by atoms with Crippen LogP contribution in [0.25, 0.3) is 11.4 Å². The Balaban J connectivity index is 2.59. The first-order valence-electron chi connectivity index (χ1n) is 5.48. The van der Waals surface area contributed by atoms with Crippen LogP contribution in [-0.4, -0.2) is 9.97 Å². The van der Waals surface area contributed by atoms with Crippen molar-refractivity contribution < 1.29 is 0 Å². The highest BCUT2D eigenvalue weighted by Gasteiger charge is 2.14. The average Bonchev–Trinajstić information content (AvgIpc) is 2.32. The van der Waals surface area contributed by atoms with Gasteiger partial charge in [0.1, 0.15) is 5.15 Å². The van der Waals surface area contributed by atoms with E-state index >= 15 is 0 Å². The summed E-state index contributed by atoms with van der Waals surface area (Å²) in [5.41, 5.74) is 1.75. The van der Waals surface area contributed by atoms with Crippen LogP contribution in [0.1, 0.15) is 25.5 Å². The lowest BCUT2D eigenvalue weighted by molar-refractivity contribution is 0.809. The Kier molecular flexibility index (Phi) is 4.25. The molecule has 0 fully saturated rings. The number of hydrogen-bond acceptors (Lipinski definition) is 2. The number of aromatic nitrogens is 2. The number of halogens is 3.